The van der Waals surface area contributed by atoms with Gasteiger partial charge in [0.2, 0.25) is 5.91 Å². The van der Waals surface area contributed by atoms with Crippen LogP contribution in [0.2, 0.25) is 0 Å². The Labute approximate surface area is 96.6 Å². The van der Waals surface area contributed by atoms with Crippen molar-refractivity contribution in [1.82, 2.24) is 4.90 Å². The molecule has 0 bridgehead atoms. The molecule has 1 aliphatic carbocycles. The summed E-state index contributed by atoms with van der Waals surface area (Å²) in [6, 6.07) is 0. The van der Waals surface area contributed by atoms with E-state index in [-0.39, 0.29) is 18.2 Å². The molecular formula is C12H21NO3. The third kappa shape index (κ3) is 4.21. The van der Waals surface area contributed by atoms with Crippen LogP contribution in [0.3, 0.4) is 0 Å². The first kappa shape index (κ1) is 13.0. The maximum Gasteiger partial charge on any atom is 0.305 e. The van der Waals surface area contributed by atoms with Gasteiger partial charge < -0.3 is 10.0 Å². The summed E-state index contributed by atoms with van der Waals surface area (Å²) in [4.78, 5) is 24.0. The number of carbonyl (C=O) groups excluding carboxylic acids is 1. The topological polar surface area (TPSA) is 57.6 Å². The Balaban J connectivity index is 2.38. The Hall–Kier alpha value is -1.06. The van der Waals surface area contributed by atoms with E-state index in [1.165, 1.54) is 12.8 Å². The molecule has 0 aliphatic heterocycles. The van der Waals surface area contributed by atoms with E-state index in [9.17, 15) is 9.59 Å². The van der Waals surface area contributed by atoms with Crippen molar-refractivity contribution in [2.45, 2.75) is 44.9 Å². The first-order valence-corrected chi connectivity index (χ1v) is 6.08. The van der Waals surface area contributed by atoms with Crippen LogP contribution in [0.25, 0.3) is 0 Å². The molecule has 4 heteroatoms. The fourth-order valence-corrected chi connectivity index (χ4v) is 2.21. The van der Waals surface area contributed by atoms with Crippen LogP contribution in [0.15, 0.2) is 0 Å². The van der Waals surface area contributed by atoms with Crippen LogP contribution in [0, 0.1) is 5.92 Å². The molecule has 0 aromatic heterocycles. The average molecular weight is 227 g/mol. The molecule has 4 nitrogen and oxygen atoms in total. The molecule has 0 heterocycles. The van der Waals surface area contributed by atoms with Crippen LogP contribution in [0.5, 0.6) is 0 Å². The van der Waals surface area contributed by atoms with Crippen molar-refractivity contribution in [1.29, 1.82) is 0 Å². The predicted octanol–water partition coefficient (Wildman–Crippen LogP) is 1.89. The maximum atomic E-state index is 12.0. The van der Waals surface area contributed by atoms with Gasteiger partial charge in [0.25, 0.3) is 0 Å². The van der Waals surface area contributed by atoms with Gasteiger partial charge in [-0.25, -0.2) is 0 Å². The predicted molar refractivity (Wildman–Crippen MR) is 61.1 cm³/mol. The second-order valence-electron chi connectivity index (χ2n) is 4.59. The van der Waals surface area contributed by atoms with Gasteiger partial charge in [0.1, 0.15) is 0 Å². The highest BCUT2D eigenvalue weighted by molar-refractivity contribution is 5.79. The van der Waals surface area contributed by atoms with Gasteiger partial charge in [0.05, 0.1) is 6.42 Å². The number of carbonyl (C=O) groups is 2. The molecule has 1 amide bonds. The molecule has 0 aromatic carbocycles. The lowest BCUT2D eigenvalue weighted by Crippen LogP contribution is -2.34. The maximum absolute atomic E-state index is 12.0. The molecule has 1 N–H and O–H groups in total. The van der Waals surface area contributed by atoms with Gasteiger partial charge in [-0.3, -0.25) is 9.59 Å². The number of hydrogen-bond acceptors (Lipinski definition) is 2. The standard InChI is InChI=1S/C12H21NO3/c1-13(9-8-11(14)15)12(16)10-6-4-2-3-5-7-10/h10H,2-9H2,1H3,(H,14,15). The zero-order valence-electron chi connectivity index (χ0n) is 9.95. The number of aliphatic carboxylic acids is 1. The van der Waals surface area contributed by atoms with Gasteiger partial charge in [-0.15, -0.1) is 0 Å². The van der Waals surface area contributed by atoms with Crippen molar-refractivity contribution in [3.05, 3.63) is 0 Å². The van der Waals surface area contributed by atoms with Crippen molar-refractivity contribution < 1.29 is 14.7 Å². The van der Waals surface area contributed by atoms with Crippen molar-refractivity contribution in [3.63, 3.8) is 0 Å². The van der Waals surface area contributed by atoms with Crippen molar-refractivity contribution in [3.8, 4) is 0 Å². The summed E-state index contributed by atoms with van der Waals surface area (Å²) in [5.41, 5.74) is 0. The van der Waals surface area contributed by atoms with Crippen LogP contribution in [0.4, 0.5) is 0 Å². The monoisotopic (exact) mass is 227 g/mol. The lowest BCUT2D eigenvalue weighted by Gasteiger charge is -2.22. The summed E-state index contributed by atoms with van der Waals surface area (Å²) in [7, 11) is 1.70. The van der Waals surface area contributed by atoms with Gasteiger partial charge in [0, 0.05) is 19.5 Å². The van der Waals surface area contributed by atoms with Crippen molar-refractivity contribution in [2.24, 2.45) is 5.92 Å². The smallest absolute Gasteiger partial charge is 0.305 e. The van der Waals surface area contributed by atoms with E-state index in [0.717, 1.165) is 25.7 Å². The summed E-state index contributed by atoms with van der Waals surface area (Å²) in [6.45, 7) is 0.324. The van der Waals surface area contributed by atoms with E-state index in [0.29, 0.717) is 6.54 Å². The molecule has 16 heavy (non-hydrogen) atoms. The van der Waals surface area contributed by atoms with E-state index in [1.807, 2.05) is 0 Å². The highest BCUT2D eigenvalue weighted by Gasteiger charge is 2.23. The number of rotatable bonds is 4. The van der Waals surface area contributed by atoms with Gasteiger partial charge in [-0.05, 0) is 12.8 Å². The van der Waals surface area contributed by atoms with Crippen LogP contribution < -0.4 is 0 Å². The van der Waals surface area contributed by atoms with Crippen LogP contribution >= 0.6 is 0 Å². The van der Waals surface area contributed by atoms with Crippen LogP contribution in [0.1, 0.15) is 44.9 Å². The van der Waals surface area contributed by atoms with Crippen LogP contribution in [-0.2, 0) is 9.59 Å². The number of amides is 1. The van der Waals surface area contributed by atoms with Gasteiger partial charge in [-0.1, -0.05) is 25.7 Å². The molecule has 1 saturated carbocycles. The van der Waals surface area contributed by atoms with Gasteiger partial charge in [-0.2, -0.15) is 0 Å². The number of nitrogens with zero attached hydrogens (tertiary/aromatic N) is 1. The minimum Gasteiger partial charge on any atom is -0.481 e. The number of carboxylic acids is 1. The summed E-state index contributed by atoms with van der Waals surface area (Å²) in [5.74, 6) is -0.593. The Morgan fingerprint density at radius 2 is 1.75 bits per heavy atom. The van der Waals surface area contributed by atoms with Gasteiger partial charge in [0.15, 0.2) is 0 Å². The summed E-state index contributed by atoms with van der Waals surface area (Å²) in [5, 5.41) is 8.56. The molecule has 0 spiro atoms. The molecule has 92 valence electrons. The molecular weight excluding hydrogens is 206 g/mol. The van der Waals surface area contributed by atoms with Crippen molar-refractivity contribution in [2.75, 3.05) is 13.6 Å². The lowest BCUT2D eigenvalue weighted by molar-refractivity contribution is -0.139. The summed E-state index contributed by atoms with van der Waals surface area (Å²) >= 11 is 0. The molecule has 1 fully saturated rings. The Kier molecular flexibility index (Phi) is 5.29. The van der Waals surface area contributed by atoms with E-state index >= 15 is 0 Å². The quantitative estimate of drug-likeness (QED) is 0.746. The zero-order valence-corrected chi connectivity index (χ0v) is 9.95. The molecule has 0 unspecified atom stereocenters. The SMILES string of the molecule is CN(CCC(=O)O)C(=O)C1CCCCCC1. The molecule has 0 radical (unpaired) electrons. The van der Waals surface area contributed by atoms with Crippen LogP contribution in [-0.4, -0.2) is 35.5 Å². The van der Waals surface area contributed by atoms with E-state index in [1.54, 1.807) is 11.9 Å². The fraction of sp³-hybridized carbons (Fsp3) is 0.833. The lowest BCUT2D eigenvalue weighted by atomic mass is 9.99. The molecule has 0 saturated heterocycles. The molecule has 1 aliphatic rings. The first-order chi connectivity index (χ1) is 7.61. The van der Waals surface area contributed by atoms with E-state index in [2.05, 4.69) is 0 Å². The highest BCUT2D eigenvalue weighted by atomic mass is 16.4. The Morgan fingerprint density at radius 1 is 1.19 bits per heavy atom. The minimum absolute atomic E-state index is 0.0367. The number of carboxylic acid groups (broad SMARTS) is 1. The minimum atomic E-state index is -0.847. The third-order valence-electron chi connectivity index (χ3n) is 3.24. The van der Waals surface area contributed by atoms with E-state index < -0.39 is 5.97 Å². The molecule has 0 aromatic rings. The highest BCUT2D eigenvalue weighted by Crippen LogP contribution is 2.24. The summed E-state index contributed by atoms with van der Waals surface area (Å²) < 4.78 is 0. The van der Waals surface area contributed by atoms with Crippen molar-refractivity contribution >= 4 is 11.9 Å². The van der Waals surface area contributed by atoms with Gasteiger partial charge >= 0.3 is 5.97 Å². The average Bonchev–Trinajstić information content (AvgIpc) is 2.53. The fourth-order valence-electron chi connectivity index (χ4n) is 2.21. The normalized spacial score (nSPS) is 17.8. The molecule has 0 atom stereocenters. The Morgan fingerprint density at radius 3 is 2.25 bits per heavy atom. The number of hydrogen-bond donors (Lipinski definition) is 1. The second kappa shape index (κ2) is 6.51. The molecule has 1 rings (SSSR count). The first-order valence-electron chi connectivity index (χ1n) is 6.08. The summed E-state index contributed by atoms with van der Waals surface area (Å²) in [6.07, 6.45) is 6.68. The second-order valence-corrected chi connectivity index (χ2v) is 4.59. The largest absolute Gasteiger partial charge is 0.481 e. The Bertz CT molecular complexity index is 245. The zero-order chi connectivity index (χ0) is 12.0. The van der Waals surface area contributed by atoms with E-state index in [4.69, 9.17) is 5.11 Å². The third-order valence-corrected chi connectivity index (χ3v) is 3.24.